The van der Waals surface area contributed by atoms with Gasteiger partial charge in [0.05, 0.1) is 0 Å². The fourth-order valence-corrected chi connectivity index (χ4v) is 1.25. The Balaban J connectivity index is 2.17. The van der Waals surface area contributed by atoms with Gasteiger partial charge in [0.15, 0.2) is 0 Å². The molecule has 2 N–H and O–H groups in total. The second-order valence-electron chi connectivity index (χ2n) is 2.42. The molecule has 2 heterocycles. The molecule has 0 aromatic rings. The highest BCUT2D eigenvalue weighted by atomic mass is 15.4. The molecular formula is C6H10N3. The molecule has 0 saturated carbocycles. The zero-order chi connectivity index (χ0) is 6.10. The monoisotopic (exact) mass is 124 g/mol. The summed E-state index contributed by atoms with van der Waals surface area (Å²) in [5.74, 6) is 0. The topological polar surface area (TPSA) is 38.2 Å². The van der Waals surface area contributed by atoms with E-state index in [1.54, 1.807) is 0 Å². The van der Waals surface area contributed by atoms with Crippen LogP contribution >= 0.6 is 0 Å². The smallest absolute Gasteiger partial charge is 0.0391 e. The van der Waals surface area contributed by atoms with Gasteiger partial charge < -0.3 is 5.43 Å². The van der Waals surface area contributed by atoms with Gasteiger partial charge in [-0.15, -0.1) is 0 Å². The molecule has 0 bridgehead atoms. The molecular weight excluding hydrogens is 114 g/mol. The van der Waals surface area contributed by atoms with Gasteiger partial charge in [-0.25, -0.2) is 10.7 Å². The summed E-state index contributed by atoms with van der Waals surface area (Å²) in [5.41, 5.74) is 9.03. The molecule has 3 nitrogen and oxygen atoms in total. The second-order valence-corrected chi connectivity index (χ2v) is 2.42. The molecule has 0 aromatic carbocycles. The average molecular weight is 124 g/mol. The van der Waals surface area contributed by atoms with Crippen LogP contribution in [0.3, 0.4) is 0 Å². The lowest BCUT2D eigenvalue weighted by molar-refractivity contribution is 0.640. The molecule has 0 aliphatic carbocycles. The second kappa shape index (κ2) is 2.01. The summed E-state index contributed by atoms with van der Waals surface area (Å²) in [6.45, 7) is 2.92. The minimum Gasteiger partial charge on any atom is -0.325 e. The van der Waals surface area contributed by atoms with E-state index in [2.05, 4.69) is 16.2 Å². The maximum atomic E-state index is 4.28. The van der Waals surface area contributed by atoms with Crippen molar-refractivity contribution in [1.29, 1.82) is 0 Å². The predicted octanol–water partition coefficient (Wildman–Crippen LogP) is -0.644. The summed E-state index contributed by atoms with van der Waals surface area (Å²) >= 11 is 0. The highest BCUT2D eigenvalue weighted by molar-refractivity contribution is 5.21. The molecule has 0 unspecified atom stereocenters. The first-order valence-electron chi connectivity index (χ1n) is 3.30. The summed E-state index contributed by atoms with van der Waals surface area (Å²) in [6.07, 6.45) is 1.10. The Hall–Kier alpha value is -0.540. The lowest BCUT2D eigenvalue weighted by Crippen LogP contribution is -2.24. The maximum absolute atomic E-state index is 4.28. The van der Waals surface area contributed by atoms with E-state index < -0.39 is 0 Å². The Kier molecular flexibility index (Phi) is 1.17. The van der Waals surface area contributed by atoms with Crippen molar-refractivity contribution in [1.82, 2.24) is 16.2 Å². The van der Waals surface area contributed by atoms with Gasteiger partial charge in [0.25, 0.3) is 0 Å². The van der Waals surface area contributed by atoms with Crippen LogP contribution in [0.1, 0.15) is 6.42 Å². The molecule has 0 atom stereocenters. The fourth-order valence-electron chi connectivity index (χ4n) is 1.25. The van der Waals surface area contributed by atoms with Gasteiger partial charge in [0.2, 0.25) is 0 Å². The van der Waals surface area contributed by atoms with E-state index in [0.29, 0.717) is 0 Å². The van der Waals surface area contributed by atoms with Gasteiger partial charge in [-0.3, -0.25) is 0 Å². The molecule has 0 saturated heterocycles. The minimum absolute atomic E-state index is 0.940. The van der Waals surface area contributed by atoms with Gasteiger partial charge in [0.1, 0.15) is 0 Å². The highest BCUT2D eigenvalue weighted by Gasteiger charge is 2.16. The highest BCUT2D eigenvalue weighted by Crippen LogP contribution is 2.11. The molecule has 0 fully saturated rings. The third-order valence-electron chi connectivity index (χ3n) is 1.79. The Morgan fingerprint density at radius 2 is 2.44 bits per heavy atom. The van der Waals surface area contributed by atoms with Crippen LogP contribution in [-0.2, 0) is 0 Å². The van der Waals surface area contributed by atoms with Gasteiger partial charge in [-0.05, 0) is 5.57 Å². The van der Waals surface area contributed by atoms with E-state index in [1.807, 2.05) is 0 Å². The molecule has 3 heteroatoms. The van der Waals surface area contributed by atoms with Crippen molar-refractivity contribution < 1.29 is 0 Å². The summed E-state index contributed by atoms with van der Waals surface area (Å²) < 4.78 is 0. The lowest BCUT2D eigenvalue weighted by Gasteiger charge is -2.11. The number of nitrogens with zero attached hydrogens (tertiary/aromatic N) is 1. The third kappa shape index (κ3) is 0.821. The summed E-state index contributed by atoms with van der Waals surface area (Å²) in [5, 5.41) is 4.28. The fraction of sp³-hybridized carbons (Fsp3) is 0.667. The molecule has 0 aromatic heterocycles. The molecule has 9 heavy (non-hydrogen) atoms. The van der Waals surface area contributed by atoms with Gasteiger partial charge in [-0.2, -0.15) is 0 Å². The van der Waals surface area contributed by atoms with Crippen molar-refractivity contribution in [3.63, 3.8) is 0 Å². The van der Waals surface area contributed by atoms with E-state index in [-0.39, 0.29) is 0 Å². The zero-order valence-corrected chi connectivity index (χ0v) is 5.28. The standard InChI is InChI=1S/C6H10N3/c1-2-7-3-5-4-8-9-6(1)5/h8-9H,1-4H2. The van der Waals surface area contributed by atoms with Gasteiger partial charge >= 0.3 is 0 Å². The normalized spacial score (nSPS) is 25.8. The van der Waals surface area contributed by atoms with E-state index in [0.717, 1.165) is 26.1 Å². The van der Waals surface area contributed by atoms with Crippen molar-refractivity contribution in [3.8, 4) is 0 Å². The Labute approximate surface area is 54.5 Å². The number of hydrogen-bond donors (Lipinski definition) is 2. The SMILES string of the molecule is C1CC2=C(C[N]1)CNN2. The summed E-state index contributed by atoms with van der Waals surface area (Å²) in [7, 11) is 0. The van der Waals surface area contributed by atoms with Crippen LogP contribution in [0.4, 0.5) is 0 Å². The van der Waals surface area contributed by atoms with Crippen LogP contribution < -0.4 is 16.2 Å². The predicted molar refractivity (Wildman–Crippen MR) is 34.6 cm³/mol. The quantitative estimate of drug-likeness (QED) is 0.450. The van der Waals surface area contributed by atoms with E-state index in [1.165, 1.54) is 11.3 Å². The van der Waals surface area contributed by atoms with Crippen LogP contribution in [-0.4, -0.2) is 19.6 Å². The molecule has 2 aliphatic heterocycles. The first-order chi connectivity index (χ1) is 4.47. The lowest BCUT2D eigenvalue weighted by atomic mass is 10.1. The van der Waals surface area contributed by atoms with Crippen molar-refractivity contribution in [3.05, 3.63) is 11.3 Å². The molecule has 1 radical (unpaired) electrons. The number of rotatable bonds is 0. The molecule has 49 valence electrons. The van der Waals surface area contributed by atoms with E-state index in [9.17, 15) is 0 Å². The Morgan fingerprint density at radius 1 is 1.44 bits per heavy atom. The van der Waals surface area contributed by atoms with Crippen LogP contribution in [0, 0.1) is 0 Å². The van der Waals surface area contributed by atoms with Crippen LogP contribution in [0.15, 0.2) is 11.3 Å². The van der Waals surface area contributed by atoms with E-state index in [4.69, 9.17) is 0 Å². The first-order valence-corrected chi connectivity index (χ1v) is 3.30. The van der Waals surface area contributed by atoms with Crippen molar-refractivity contribution in [2.45, 2.75) is 6.42 Å². The third-order valence-corrected chi connectivity index (χ3v) is 1.79. The average Bonchev–Trinajstić information content (AvgIpc) is 2.33. The van der Waals surface area contributed by atoms with Crippen LogP contribution in [0.25, 0.3) is 0 Å². The number of hydrazine groups is 1. The maximum Gasteiger partial charge on any atom is 0.0391 e. The zero-order valence-electron chi connectivity index (χ0n) is 5.28. The van der Waals surface area contributed by atoms with Gasteiger partial charge in [0, 0.05) is 31.8 Å². The molecule has 2 rings (SSSR count). The largest absolute Gasteiger partial charge is 0.325 e. The molecule has 0 amide bonds. The first kappa shape index (κ1) is 5.26. The van der Waals surface area contributed by atoms with E-state index >= 15 is 0 Å². The summed E-state index contributed by atoms with van der Waals surface area (Å²) in [4.78, 5) is 0. The molecule has 0 spiro atoms. The summed E-state index contributed by atoms with van der Waals surface area (Å²) in [6, 6.07) is 0. The van der Waals surface area contributed by atoms with Crippen LogP contribution in [0.5, 0.6) is 0 Å². The Bertz CT molecular complexity index is 134. The van der Waals surface area contributed by atoms with Crippen molar-refractivity contribution in [2.75, 3.05) is 19.6 Å². The minimum atomic E-state index is 0.940. The number of nitrogens with one attached hydrogen (secondary N) is 2. The van der Waals surface area contributed by atoms with Crippen molar-refractivity contribution in [2.24, 2.45) is 0 Å². The van der Waals surface area contributed by atoms with Gasteiger partial charge in [-0.1, -0.05) is 0 Å². The van der Waals surface area contributed by atoms with Crippen molar-refractivity contribution >= 4 is 0 Å². The Morgan fingerprint density at radius 3 is 3.33 bits per heavy atom. The van der Waals surface area contributed by atoms with Crippen LogP contribution in [0.2, 0.25) is 0 Å². The molecule has 2 aliphatic rings. The number of hydrogen-bond acceptors (Lipinski definition) is 2.